The lowest BCUT2D eigenvalue weighted by atomic mass is 9.70. The fourth-order valence-electron chi connectivity index (χ4n) is 9.58. The van der Waals surface area contributed by atoms with Gasteiger partial charge in [-0.3, -0.25) is 4.79 Å². The van der Waals surface area contributed by atoms with Crippen molar-refractivity contribution in [3.63, 3.8) is 0 Å². The van der Waals surface area contributed by atoms with Crippen molar-refractivity contribution in [3.05, 3.63) is 36.1 Å². The molecule has 298 valence electrons. The largest absolute Gasteiger partial charge is 0.495 e. The number of allylic oxidation sites excluding steroid dienone is 3. The van der Waals surface area contributed by atoms with Crippen molar-refractivity contribution in [2.75, 3.05) is 53.4 Å². The summed E-state index contributed by atoms with van der Waals surface area (Å²) in [5.74, 6) is 0.517. The van der Waals surface area contributed by atoms with Crippen LogP contribution in [0.5, 0.6) is 0 Å². The number of likely N-dealkylation sites (N-methyl/N-ethyl adjacent to an activating group) is 1. The summed E-state index contributed by atoms with van der Waals surface area (Å²) in [7, 11) is 3.77. The van der Waals surface area contributed by atoms with Gasteiger partial charge >= 0.3 is 0 Å². The SMILES string of the molecule is C=C1CC(O)C(C)C(CC2OC(C)C(O)C(N(C)C)C2O)C(CCN2CCCCC2)CC(C)C(=O)/C=C/C(C)=C/C(CN2CCCCC2)C(CC)O1. The highest BCUT2D eigenvalue weighted by atomic mass is 16.5. The Labute approximate surface area is 316 Å². The summed E-state index contributed by atoms with van der Waals surface area (Å²) in [5, 5.41) is 34.7. The van der Waals surface area contributed by atoms with Crippen LogP contribution >= 0.6 is 0 Å². The molecule has 12 atom stereocenters. The van der Waals surface area contributed by atoms with E-state index in [0.29, 0.717) is 25.0 Å². The molecule has 0 bridgehead atoms. The topological polar surface area (TPSA) is 106 Å². The van der Waals surface area contributed by atoms with E-state index in [4.69, 9.17) is 9.47 Å². The first kappa shape index (κ1) is 43.1. The van der Waals surface area contributed by atoms with Crippen LogP contribution in [0.2, 0.25) is 0 Å². The standard InChI is InChI=1S/C43H75N3O6/c1-9-39-35(28-46-21-14-11-15-22-46)24-29(2)16-17-37(47)30(3)25-34(18-23-45-19-12-10-13-20-45)36(32(5)38(48)26-31(4)51-39)27-40-43(50)41(44(7)8)42(49)33(6)52-40/h16-17,24,30,32-36,38-43,48-50H,4,9-15,18-23,25-28H2,1-3,5-8H3/b17-16+,29-24+. The van der Waals surface area contributed by atoms with E-state index >= 15 is 0 Å². The number of rotatable bonds is 9. The average molecular weight is 730 g/mol. The van der Waals surface area contributed by atoms with E-state index < -0.39 is 36.6 Å². The molecule has 0 aliphatic carbocycles. The van der Waals surface area contributed by atoms with Crippen LogP contribution < -0.4 is 0 Å². The number of aliphatic hydroxyl groups is 3. The number of nitrogens with zero attached hydrogens (tertiary/aromatic N) is 3. The first-order chi connectivity index (χ1) is 24.8. The number of ketones is 1. The molecule has 0 saturated carbocycles. The van der Waals surface area contributed by atoms with Crippen LogP contribution in [0.1, 0.15) is 105 Å². The van der Waals surface area contributed by atoms with Crippen LogP contribution in [0.4, 0.5) is 0 Å². The van der Waals surface area contributed by atoms with E-state index in [0.717, 1.165) is 57.7 Å². The van der Waals surface area contributed by atoms with Gasteiger partial charge < -0.3 is 39.5 Å². The molecule has 12 unspecified atom stereocenters. The number of aliphatic hydroxyl groups excluding tert-OH is 3. The van der Waals surface area contributed by atoms with Gasteiger partial charge in [-0.25, -0.2) is 0 Å². The van der Waals surface area contributed by atoms with Crippen LogP contribution in [0.3, 0.4) is 0 Å². The Morgan fingerprint density at radius 2 is 1.54 bits per heavy atom. The van der Waals surface area contributed by atoms with E-state index in [2.05, 4.69) is 50.1 Å². The molecule has 0 radical (unpaired) electrons. The zero-order chi connectivity index (χ0) is 37.9. The molecule has 3 saturated heterocycles. The van der Waals surface area contributed by atoms with Gasteiger partial charge in [0.2, 0.25) is 0 Å². The zero-order valence-corrected chi connectivity index (χ0v) is 33.8. The third kappa shape index (κ3) is 12.2. The monoisotopic (exact) mass is 730 g/mol. The molecular weight excluding hydrogens is 654 g/mol. The van der Waals surface area contributed by atoms with Crippen molar-refractivity contribution in [3.8, 4) is 0 Å². The number of hydrogen-bond acceptors (Lipinski definition) is 9. The minimum Gasteiger partial charge on any atom is -0.495 e. The molecule has 0 spiro atoms. The third-order valence-corrected chi connectivity index (χ3v) is 12.9. The Kier molecular flexibility index (Phi) is 17.4. The number of likely N-dealkylation sites (tertiary alicyclic amines) is 2. The van der Waals surface area contributed by atoms with Crippen molar-refractivity contribution >= 4 is 5.78 Å². The Bertz CT molecular complexity index is 1160. The number of piperidine rings is 2. The van der Waals surface area contributed by atoms with Crippen LogP contribution in [-0.2, 0) is 14.3 Å². The minimum absolute atomic E-state index is 0.0555. The lowest BCUT2D eigenvalue weighted by Crippen LogP contribution is -2.62. The van der Waals surface area contributed by atoms with Gasteiger partial charge in [0.25, 0.3) is 0 Å². The number of carbonyl (C=O) groups is 1. The molecule has 3 fully saturated rings. The minimum atomic E-state index is -0.897. The first-order valence-electron chi connectivity index (χ1n) is 20.8. The second-order valence-electron chi connectivity index (χ2n) is 17.2. The van der Waals surface area contributed by atoms with Crippen LogP contribution in [0.15, 0.2) is 36.1 Å². The smallest absolute Gasteiger partial charge is 0.158 e. The second-order valence-corrected chi connectivity index (χ2v) is 17.2. The molecule has 4 aliphatic rings. The Balaban J connectivity index is 1.68. The van der Waals surface area contributed by atoms with Crippen molar-refractivity contribution < 1.29 is 29.6 Å². The van der Waals surface area contributed by atoms with Gasteiger partial charge in [0.05, 0.1) is 42.3 Å². The molecule has 4 aliphatic heterocycles. The van der Waals surface area contributed by atoms with Crippen LogP contribution in [-0.4, -0.2) is 132 Å². The molecule has 0 aromatic rings. The highest BCUT2D eigenvalue weighted by molar-refractivity contribution is 5.91. The molecule has 9 heteroatoms. The Morgan fingerprint density at radius 1 is 0.904 bits per heavy atom. The molecule has 3 N–H and O–H groups in total. The summed E-state index contributed by atoms with van der Waals surface area (Å²) in [6, 6.07) is -0.467. The first-order valence-corrected chi connectivity index (χ1v) is 20.8. The quantitative estimate of drug-likeness (QED) is 0.270. The van der Waals surface area contributed by atoms with Crippen molar-refractivity contribution in [1.82, 2.24) is 14.7 Å². The van der Waals surface area contributed by atoms with Gasteiger partial charge in [-0.05, 0) is 136 Å². The summed E-state index contributed by atoms with van der Waals surface area (Å²) in [4.78, 5) is 20.8. The maximum absolute atomic E-state index is 13.8. The lowest BCUT2D eigenvalue weighted by molar-refractivity contribution is -0.203. The van der Waals surface area contributed by atoms with Crippen molar-refractivity contribution in [2.45, 2.75) is 148 Å². The van der Waals surface area contributed by atoms with E-state index in [9.17, 15) is 20.1 Å². The molecule has 4 heterocycles. The summed E-state index contributed by atoms with van der Waals surface area (Å²) in [6.45, 7) is 20.8. The number of hydrogen-bond donors (Lipinski definition) is 3. The van der Waals surface area contributed by atoms with Crippen LogP contribution in [0, 0.1) is 29.6 Å². The summed E-state index contributed by atoms with van der Waals surface area (Å²) < 4.78 is 13.1. The molecular formula is C43H75N3O6. The molecule has 0 aromatic carbocycles. The maximum atomic E-state index is 13.8. The molecule has 9 nitrogen and oxygen atoms in total. The van der Waals surface area contributed by atoms with Crippen molar-refractivity contribution in [2.24, 2.45) is 29.6 Å². The highest BCUT2D eigenvalue weighted by Crippen LogP contribution is 2.40. The maximum Gasteiger partial charge on any atom is 0.158 e. The summed E-state index contributed by atoms with van der Waals surface area (Å²) in [6.07, 6.45) is 13.2. The molecule has 0 amide bonds. The fraction of sp³-hybridized carbons (Fsp3) is 0.837. The van der Waals surface area contributed by atoms with Gasteiger partial charge in [0.1, 0.15) is 6.10 Å². The van der Waals surface area contributed by atoms with E-state index in [1.807, 2.05) is 32.0 Å². The Hall–Kier alpha value is -1.59. The van der Waals surface area contributed by atoms with Gasteiger partial charge in [0.15, 0.2) is 5.78 Å². The van der Waals surface area contributed by atoms with Gasteiger partial charge in [-0.2, -0.15) is 0 Å². The highest BCUT2D eigenvalue weighted by Gasteiger charge is 2.46. The van der Waals surface area contributed by atoms with Gasteiger partial charge in [0, 0.05) is 24.8 Å². The average Bonchev–Trinajstić information content (AvgIpc) is 3.12. The summed E-state index contributed by atoms with van der Waals surface area (Å²) in [5.41, 5.74) is 1.06. The zero-order valence-electron chi connectivity index (χ0n) is 33.8. The van der Waals surface area contributed by atoms with Crippen LogP contribution in [0.25, 0.3) is 0 Å². The Morgan fingerprint density at radius 3 is 2.15 bits per heavy atom. The summed E-state index contributed by atoms with van der Waals surface area (Å²) >= 11 is 0. The van der Waals surface area contributed by atoms with Crippen molar-refractivity contribution in [1.29, 1.82) is 0 Å². The third-order valence-electron chi connectivity index (χ3n) is 12.9. The molecule has 4 rings (SSSR count). The predicted molar refractivity (Wildman–Crippen MR) is 210 cm³/mol. The fourth-order valence-corrected chi connectivity index (χ4v) is 9.58. The lowest BCUT2D eigenvalue weighted by Gasteiger charge is -2.47. The normalized spacial score (nSPS) is 40.2. The number of carbonyl (C=O) groups excluding carboxylic acids is 1. The van der Waals surface area contributed by atoms with E-state index in [-0.39, 0.29) is 41.5 Å². The molecule has 0 aromatic heterocycles. The predicted octanol–water partition coefficient (Wildman–Crippen LogP) is 5.83. The van der Waals surface area contributed by atoms with Gasteiger partial charge in [-0.1, -0.05) is 57.9 Å². The molecule has 52 heavy (non-hydrogen) atoms. The van der Waals surface area contributed by atoms with E-state index in [1.165, 1.54) is 38.5 Å². The van der Waals surface area contributed by atoms with E-state index in [1.54, 1.807) is 6.08 Å². The number of ether oxygens (including phenoxy) is 2. The second kappa shape index (κ2) is 20.9. The van der Waals surface area contributed by atoms with Gasteiger partial charge in [-0.15, -0.1) is 0 Å².